The summed E-state index contributed by atoms with van der Waals surface area (Å²) in [6, 6.07) is 18.9. The van der Waals surface area contributed by atoms with E-state index < -0.39 is 4.92 Å². The minimum absolute atomic E-state index is 0.0895. The highest BCUT2D eigenvalue weighted by atomic mass is 16.6. The molecule has 0 bridgehead atoms. The molecule has 1 saturated heterocycles. The summed E-state index contributed by atoms with van der Waals surface area (Å²) in [5.41, 5.74) is 2.98. The first kappa shape index (κ1) is 24.2. The lowest BCUT2D eigenvalue weighted by Crippen LogP contribution is -2.50. The molecule has 0 saturated carbocycles. The summed E-state index contributed by atoms with van der Waals surface area (Å²) in [5.74, 6) is 0.991. The molecule has 0 aliphatic carbocycles. The summed E-state index contributed by atoms with van der Waals surface area (Å²) in [4.78, 5) is 33.4. The molecule has 3 aromatic rings. The molecule has 1 fully saturated rings. The lowest BCUT2D eigenvalue weighted by Gasteiger charge is -2.35. The van der Waals surface area contributed by atoms with Crippen molar-refractivity contribution in [3.05, 3.63) is 88.1 Å². The number of carbonyl (C=O) groups excluding carboxylic acids is 1. The van der Waals surface area contributed by atoms with E-state index in [1.165, 1.54) is 23.9 Å². The van der Waals surface area contributed by atoms with E-state index in [-0.39, 0.29) is 17.5 Å². The fraction of sp³-hybridized carbons (Fsp3) is 0.308. The maximum atomic E-state index is 12.9. The van der Waals surface area contributed by atoms with Gasteiger partial charge in [-0.2, -0.15) is 0 Å². The molecule has 1 aliphatic rings. The van der Waals surface area contributed by atoms with Crippen molar-refractivity contribution in [2.45, 2.75) is 13.5 Å². The summed E-state index contributed by atoms with van der Waals surface area (Å²) in [6.45, 7) is 6.30. The molecule has 9 nitrogen and oxygen atoms in total. The number of rotatable bonds is 8. The van der Waals surface area contributed by atoms with Crippen LogP contribution in [0.1, 0.15) is 11.1 Å². The van der Waals surface area contributed by atoms with Crippen molar-refractivity contribution in [3.63, 3.8) is 0 Å². The van der Waals surface area contributed by atoms with Crippen LogP contribution in [0, 0.1) is 17.0 Å². The van der Waals surface area contributed by atoms with Gasteiger partial charge in [0.05, 0.1) is 11.5 Å². The number of amides is 1. The van der Waals surface area contributed by atoms with Gasteiger partial charge in [0.25, 0.3) is 5.69 Å². The number of hydrogen-bond donors (Lipinski definition) is 0. The molecule has 9 heteroatoms. The second-order valence-electron chi connectivity index (χ2n) is 8.66. The number of ether oxygens (including phenoxy) is 1. The average Bonchev–Trinajstić information content (AvgIpc) is 2.86. The van der Waals surface area contributed by atoms with Gasteiger partial charge in [0.15, 0.2) is 0 Å². The largest absolute Gasteiger partial charge is 0.439 e. The zero-order valence-corrected chi connectivity index (χ0v) is 20.0. The molecule has 2 heterocycles. The highest BCUT2D eigenvalue weighted by Gasteiger charge is 2.22. The summed E-state index contributed by atoms with van der Waals surface area (Å²) in [7, 11) is 1.90. The van der Waals surface area contributed by atoms with Crippen LogP contribution in [-0.2, 0) is 11.3 Å². The maximum absolute atomic E-state index is 12.9. The van der Waals surface area contributed by atoms with E-state index in [1.807, 2.05) is 48.0 Å². The smallest absolute Gasteiger partial charge is 0.287 e. The van der Waals surface area contributed by atoms with Gasteiger partial charge in [-0.15, -0.1) is 0 Å². The van der Waals surface area contributed by atoms with Gasteiger partial charge in [-0.25, -0.2) is 4.98 Å². The number of carbonyl (C=O) groups is 1. The van der Waals surface area contributed by atoms with Crippen LogP contribution < -0.4 is 9.64 Å². The number of nitrogens with zero attached hydrogens (tertiary/aromatic N) is 5. The summed E-state index contributed by atoms with van der Waals surface area (Å²) >= 11 is 0. The quantitative estimate of drug-likeness (QED) is 0.361. The van der Waals surface area contributed by atoms with Gasteiger partial charge in [0.1, 0.15) is 11.9 Å². The number of piperazine rings is 1. The lowest BCUT2D eigenvalue weighted by atomic mass is 10.2. The van der Waals surface area contributed by atoms with Crippen LogP contribution in [0.5, 0.6) is 11.6 Å². The van der Waals surface area contributed by atoms with Crippen LogP contribution in [0.2, 0.25) is 0 Å². The normalized spacial score (nSPS) is 13.9. The molecule has 0 spiro atoms. The molecule has 0 N–H and O–H groups in total. The monoisotopic (exact) mass is 475 g/mol. The average molecular weight is 476 g/mol. The summed E-state index contributed by atoms with van der Waals surface area (Å²) in [6.07, 6.45) is 1.17. The van der Waals surface area contributed by atoms with Crippen molar-refractivity contribution in [2.75, 3.05) is 44.7 Å². The van der Waals surface area contributed by atoms with E-state index in [0.29, 0.717) is 12.3 Å². The zero-order valence-electron chi connectivity index (χ0n) is 20.0. The molecule has 0 unspecified atom stereocenters. The Balaban J connectivity index is 1.29. The van der Waals surface area contributed by atoms with Crippen LogP contribution >= 0.6 is 0 Å². The first-order valence-corrected chi connectivity index (χ1v) is 11.5. The zero-order chi connectivity index (χ0) is 24.8. The van der Waals surface area contributed by atoms with Gasteiger partial charge in [0.2, 0.25) is 11.8 Å². The number of aromatic nitrogens is 1. The van der Waals surface area contributed by atoms with E-state index in [2.05, 4.69) is 34.1 Å². The SMILES string of the molecule is Cc1cc(N(C)CC(=O)N2CCN(Cc3ccccc3)CC2)ccc1Oc1ccc([N+](=O)[O-])cn1. The van der Waals surface area contributed by atoms with E-state index in [0.717, 1.165) is 44.0 Å². The van der Waals surface area contributed by atoms with Crippen LogP contribution in [-0.4, -0.2) is 65.4 Å². The molecule has 0 atom stereocenters. The first-order chi connectivity index (χ1) is 16.9. The lowest BCUT2D eigenvalue weighted by molar-refractivity contribution is -0.385. The number of anilines is 1. The number of pyridine rings is 1. The number of aryl methyl sites for hydroxylation is 1. The summed E-state index contributed by atoms with van der Waals surface area (Å²) in [5, 5.41) is 10.8. The fourth-order valence-electron chi connectivity index (χ4n) is 4.03. The Morgan fingerprint density at radius 1 is 1.09 bits per heavy atom. The molecule has 0 radical (unpaired) electrons. The Morgan fingerprint density at radius 3 is 2.46 bits per heavy atom. The third-order valence-electron chi connectivity index (χ3n) is 6.09. The predicted molar refractivity (Wildman–Crippen MR) is 134 cm³/mol. The van der Waals surface area contributed by atoms with Gasteiger partial charge in [-0.05, 0) is 36.2 Å². The minimum Gasteiger partial charge on any atom is -0.439 e. The molecule has 1 amide bonds. The Kier molecular flexibility index (Phi) is 7.57. The van der Waals surface area contributed by atoms with Crippen molar-refractivity contribution >= 4 is 17.3 Å². The predicted octanol–water partition coefficient (Wildman–Crippen LogP) is 3.87. The second-order valence-corrected chi connectivity index (χ2v) is 8.66. The standard InChI is InChI=1S/C26H29N5O4/c1-20-16-22(8-10-24(20)35-25-11-9-23(17-27-25)31(33)34)28(2)19-26(32)30-14-12-29(13-15-30)18-21-6-4-3-5-7-21/h3-11,16-17H,12-15,18-19H2,1-2H3. The molecular formula is C26H29N5O4. The van der Waals surface area contributed by atoms with Gasteiger partial charge in [-0.3, -0.25) is 19.8 Å². The number of hydrogen-bond acceptors (Lipinski definition) is 7. The van der Waals surface area contributed by atoms with Crippen molar-refractivity contribution in [3.8, 4) is 11.6 Å². The Labute approximate surface area is 204 Å². The van der Waals surface area contributed by atoms with Gasteiger partial charge in [-0.1, -0.05) is 30.3 Å². The minimum atomic E-state index is -0.501. The summed E-state index contributed by atoms with van der Waals surface area (Å²) < 4.78 is 5.78. The van der Waals surface area contributed by atoms with E-state index in [1.54, 1.807) is 0 Å². The molecule has 4 rings (SSSR count). The van der Waals surface area contributed by atoms with E-state index in [4.69, 9.17) is 4.74 Å². The van der Waals surface area contributed by atoms with Crippen LogP contribution in [0.3, 0.4) is 0 Å². The van der Waals surface area contributed by atoms with Crippen molar-refractivity contribution < 1.29 is 14.5 Å². The number of likely N-dealkylation sites (N-methyl/N-ethyl adjacent to an activating group) is 1. The van der Waals surface area contributed by atoms with Crippen molar-refractivity contribution in [1.82, 2.24) is 14.8 Å². The molecule has 2 aromatic carbocycles. The Bertz CT molecular complexity index is 1160. The molecule has 182 valence electrons. The maximum Gasteiger partial charge on any atom is 0.287 e. The number of nitro groups is 1. The van der Waals surface area contributed by atoms with Crippen LogP contribution in [0.15, 0.2) is 66.9 Å². The molecule has 1 aromatic heterocycles. The van der Waals surface area contributed by atoms with Gasteiger partial charge < -0.3 is 14.5 Å². The van der Waals surface area contributed by atoms with Crippen molar-refractivity contribution in [1.29, 1.82) is 0 Å². The third-order valence-corrected chi connectivity index (χ3v) is 6.09. The fourth-order valence-corrected chi connectivity index (χ4v) is 4.03. The van der Waals surface area contributed by atoms with Crippen LogP contribution in [0.25, 0.3) is 0 Å². The second kappa shape index (κ2) is 11.0. The van der Waals surface area contributed by atoms with Gasteiger partial charge in [0, 0.05) is 57.6 Å². The highest BCUT2D eigenvalue weighted by molar-refractivity contribution is 5.81. The highest BCUT2D eigenvalue weighted by Crippen LogP contribution is 2.28. The number of benzene rings is 2. The first-order valence-electron chi connectivity index (χ1n) is 11.5. The molecule has 35 heavy (non-hydrogen) atoms. The topological polar surface area (TPSA) is 92.1 Å². The Morgan fingerprint density at radius 2 is 1.83 bits per heavy atom. The van der Waals surface area contributed by atoms with Crippen LogP contribution in [0.4, 0.5) is 11.4 Å². The molecular weight excluding hydrogens is 446 g/mol. The molecule has 1 aliphatic heterocycles. The van der Waals surface area contributed by atoms with E-state index >= 15 is 0 Å². The van der Waals surface area contributed by atoms with E-state index in [9.17, 15) is 14.9 Å². The third kappa shape index (κ3) is 6.33. The van der Waals surface area contributed by atoms with Gasteiger partial charge >= 0.3 is 0 Å². The van der Waals surface area contributed by atoms with Crippen molar-refractivity contribution in [2.24, 2.45) is 0 Å². The Hall–Kier alpha value is -3.98.